The van der Waals surface area contributed by atoms with Crippen LogP contribution in [0.1, 0.15) is 12.0 Å². The van der Waals surface area contributed by atoms with Crippen molar-refractivity contribution >= 4 is 53.0 Å². The van der Waals surface area contributed by atoms with Gasteiger partial charge in [-0.1, -0.05) is 48.0 Å². The first-order chi connectivity index (χ1) is 11.7. The van der Waals surface area contributed by atoms with Crippen LogP contribution in [-0.4, -0.2) is 50.1 Å². The van der Waals surface area contributed by atoms with Crippen LogP contribution in [0.15, 0.2) is 41.4 Å². The zero-order chi connectivity index (χ0) is 16.8. The standard InChI is InChI=1S/C19H24ClN3O.2ClH/c20-19-16(7-6-15-4-1-2-5-17(15)19)14-18(21)22-8-3-9-23-10-12-24-13-11-23;;/h1-2,4-7H,3,8-14H2,(H2,21,22);2*1H. The highest BCUT2D eigenvalue weighted by Crippen LogP contribution is 2.27. The second-order valence-corrected chi connectivity index (χ2v) is 6.50. The maximum Gasteiger partial charge on any atom is 0.0982 e. The predicted molar refractivity (Wildman–Crippen MR) is 116 cm³/mol. The fourth-order valence-corrected chi connectivity index (χ4v) is 3.31. The Morgan fingerprint density at radius 1 is 1.12 bits per heavy atom. The number of rotatable bonds is 6. The van der Waals surface area contributed by atoms with E-state index in [1.165, 1.54) is 0 Å². The van der Waals surface area contributed by atoms with Gasteiger partial charge in [0.2, 0.25) is 0 Å². The molecule has 0 amide bonds. The summed E-state index contributed by atoms with van der Waals surface area (Å²) in [4.78, 5) is 6.91. The molecule has 0 saturated carbocycles. The Kier molecular flexibility index (Phi) is 10.3. The van der Waals surface area contributed by atoms with Crippen molar-refractivity contribution in [2.24, 2.45) is 10.7 Å². The monoisotopic (exact) mass is 417 g/mol. The molecular formula is C19H26Cl3N3O. The highest BCUT2D eigenvalue weighted by atomic mass is 35.5. The maximum absolute atomic E-state index is 6.52. The minimum atomic E-state index is 0. The quantitative estimate of drug-likeness (QED) is 0.439. The summed E-state index contributed by atoms with van der Waals surface area (Å²) in [5, 5.41) is 2.99. The van der Waals surface area contributed by atoms with Crippen LogP contribution >= 0.6 is 36.4 Å². The highest BCUT2D eigenvalue weighted by molar-refractivity contribution is 6.36. The van der Waals surface area contributed by atoms with Gasteiger partial charge in [-0.05, 0) is 17.4 Å². The average Bonchev–Trinajstić information content (AvgIpc) is 2.62. The van der Waals surface area contributed by atoms with Gasteiger partial charge < -0.3 is 10.5 Å². The van der Waals surface area contributed by atoms with Crippen LogP contribution in [0.3, 0.4) is 0 Å². The van der Waals surface area contributed by atoms with Crippen molar-refractivity contribution in [2.75, 3.05) is 39.4 Å². The second kappa shape index (κ2) is 11.6. The van der Waals surface area contributed by atoms with Crippen LogP contribution in [0.25, 0.3) is 10.8 Å². The van der Waals surface area contributed by atoms with Crippen LogP contribution < -0.4 is 5.73 Å². The molecule has 3 rings (SSSR count). The van der Waals surface area contributed by atoms with Gasteiger partial charge in [-0.3, -0.25) is 9.89 Å². The molecule has 2 N–H and O–H groups in total. The SMILES string of the molecule is Cl.Cl.NC(Cc1ccc2ccccc2c1Cl)=NCCCN1CCOCC1. The fourth-order valence-electron chi connectivity index (χ4n) is 3.01. The molecule has 0 aromatic heterocycles. The lowest BCUT2D eigenvalue weighted by atomic mass is 10.0. The number of aliphatic imine (C=N–C) groups is 1. The lowest BCUT2D eigenvalue weighted by molar-refractivity contribution is 0.0377. The molecule has 0 radical (unpaired) electrons. The summed E-state index contributed by atoms with van der Waals surface area (Å²) in [5.74, 6) is 0.647. The lowest BCUT2D eigenvalue weighted by Crippen LogP contribution is -2.37. The number of fused-ring (bicyclic) bond motifs is 1. The lowest BCUT2D eigenvalue weighted by Gasteiger charge is -2.26. The van der Waals surface area contributed by atoms with E-state index in [0.717, 1.165) is 67.2 Å². The van der Waals surface area contributed by atoms with Gasteiger partial charge in [0, 0.05) is 38.0 Å². The Bertz CT molecular complexity index is 718. The van der Waals surface area contributed by atoms with Crippen molar-refractivity contribution < 1.29 is 4.74 Å². The molecule has 2 aromatic rings. The number of benzene rings is 2. The van der Waals surface area contributed by atoms with Crippen molar-refractivity contribution in [3.8, 4) is 0 Å². The van der Waals surface area contributed by atoms with Gasteiger partial charge in [-0.15, -0.1) is 24.8 Å². The molecule has 144 valence electrons. The van der Waals surface area contributed by atoms with Gasteiger partial charge in [0.1, 0.15) is 0 Å². The molecule has 0 atom stereocenters. The van der Waals surface area contributed by atoms with E-state index in [0.29, 0.717) is 12.3 Å². The van der Waals surface area contributed by atoms with Crippen molar-refractivity contribution in [3.05, 3.63) is 47.0 Å². The van der Waals surface area contributed by atoms with E-state index < -0.39 is 0 Å². The second-order valence-electron chi connectivity index (χ2n) is 6.12. The number of hydrogen-bond donors (Lipinski definition) is 1. The van der Waals surface area contributed by atoms with Crippen molar-refractivity contribution in [3.63, 3.8) is 0 Å². The maximum atomic E-state index is 6.52. The minimum Gasteiger partial charge on any atom is -0.387 e. The van der Waals surface area contributed by atoms with Crippen LogP contribution in [-0.2, 0) is 11.2 Å². The summed E-state index contributed by atoms with van der Waals surface area (Å²) < 4.78 is 5.35. The summed E-state index contributed by atoms with van der Waals surface area (Å²) in [7, 11) is 0. The molecule has 7 heteroatoms. The van der Waals surface area contributed by atoms with E-state index in [1.54, 1.807) is 0 Å². The molecule has 1 saturated heterocycles. The topological polar surface area (TPSA) is 50.8 Å². The fraction of sp³-hybridized carbons (Fsp3) is 0.421. The Morgan fingerprint density at radius 3 is 2.62 bits per heavy atom. The molecule has 0 aliphatic carbocycles. The zero-order valence-electron chi connectivity index (χ0n) is 14.7. The van der Waals surface area contributed by atoms with Gasteiger partial charge in [-0.2, -0.15) is 0 Å². The zero-order valence-corrected chi connectivity index (χ0v) is 17.1. The molecule has 4 nitrogen and oxygen atoms in total. The third kappa shape index (κ3) is 6.29. The molecule has 1 heterocycles. The van der Waals surface area contributed by atoms with Crippen molar-refractivity contribution in [1.29, 1.82) is 0 Å². The molecule has 2 aromatic carbocycles. The third-order valence-corrected chi connectivity index (χ3v) is 4.81. The summed E-state index contributed by atoms with van der Waals surface area (Å²) in [5.41, 5.74) is 7.13. The van der Waals surface area contributed by atoms with E-state index in [2.05, 4.69) is 22.0 Å². The minimum absolute atomic E-state index is 0. The van der Waals surface area contributed by atoms with E-state index in [9.17, 15) is 0 Å². The van der Waals surface area contributed by atoms with Crippen LogP contribution in [0, 0.1) is 0 Å². The predicted octanol–water partition coefficient (Wildman–Crippen LogP) is 3.96. The molecule has 0 unspecified atom stereocenters. The number of amidine groups is 1. The normalized spacial score (nSPS) is 15.3. The van der Waals surface area contributed by atoms with Gasteiger partial charge in [0.25, 0.3) is 0 Å². The van der Waals surface area contributed by atoms with Crippen LogP contribution in [0.5, 0.6) is 0 Å². The molecule has 0 bridgehead atoms. The van der Waals surface area contributed by atoms with Crippen LogP contribution in [0.2, 0.25) is 5.02 Å². The third-order valence-electron chi connectivity index (χ3n) is 4.37. The molecule has 1 aliphatic rings. The average molecular weight is 419 g/mol. The van der Waals surface area contributed by atoms with Gasteiger partial charge in [-0.25, -0.2) is 0 Å². The first kappa shape index (κ1) is 23.0. The van der Waals surface area contributed by atoms with Crippen molar-refractivity contribution in [2.45, 2.75) is 12.8 Å². The number of nitrogens with zero attached hydrogens (tertiary/aromatic N) is 2. The Hall–Kier alpha value is -1.04. The number of halogens is 3. The largest absolute Gasteiger partial charge is 0.387 e. The van der Waals surface area contributed by atoms with E-state index >= 15 is 0 Å². The summed E-state index contributed by atoms with van der Waals surface area (Å²) in [6.45, 7) is 5.53. The molecule has 1 fully saturated rings. The highest BCUT2D eigenvalue weighted by Gasteiger charge is 2.09. The Balaban J connectivity index is 0.00000169. The van der Waals surface area contributed by atoms with E-state index in [4.69, 9.17) is 22.1 Å². The van der Waals surface area contributed by atoms with E-state index in [-0.39, 0.29) is 24.8 Å². The number of hydrogen-bond acceptors (Lipinski definition) is 3. The first-order valence-corrected chi connectivity index (χ1v) is 8.87. The molecular weight excluding hydrogens is 393 g/mol. The summed E-state index contributed by atoms with van der Waals surface area (Å²) in [6, 6.07) is 12.2. The number of ether oxygens (including phenoxy) is 1. The summed E-state index contributed by atoms with van der Waals surface area (Å²) in [6.07, 6.45) is 1.62. The van der Waals surface area contributed by atoms with Gasteiger partial charge >= 0.3 is 0 Å². The van der Waals surface area contributed by atoms with Crippen molar-refractivity contribution in [1.82, 2.24) is 4.90 Å². The van der Waals surface area contributed by atoms with Gasteiger partial charge in [0.15, 0.2) is 0 Å². The van der Waals surface area contributed by atoms with E-state index in [1.807, 2.05) is 24.3 Å². The summed E-state index contributed by atoms with van der Waals surface area (Å²) >= 11 is 6.52. The first-order valence-electron chi connectivity index (χ1n) is 8.49. The Morgan fingerprint density at radius 2 is 1.85 bits per heavy atom. The number of morpholine rings is 1. The van der Waals surface area contributed by atoms with Crippen LogP contribution in [0.4, 0.5) is 0 Å². The van der Waals surface area contributed by atoms with Gasteiger partial charge in [0.05, 0.1) is 24.1 Å². The molecule has 26 heavy (non-hydrogen) atoms. The Labute approximate surface area is 172 Å². The smallest absolute Gasteiger partial charge is 0.0982 e. The molecule has 0 spiro atoms. The molecule has 1 aliphatic heterocycles. The number of nitrogens with two attached hydrogens (primary N) is 1.